The first-order valence-corrected chi connectivity index (χ1v) is 8.30. The van der Waals surface area contributed by atoms with Crippen molar-refractivity contribution in [3.8, 4) is 0 Å². The summed E-state index contributed by atoms with van der Waals surface area (Å²) in [4.78, 5) is 16.3. The van der Waals surface area contributed by atoms with Crippen molar-refractivity contribution in [1.29, 1.82) is 0 Å². The van der Waals surface area contributed by atoms with Gasteiger partial charge in [-0.1, -0.05) is 33.6 Å². The van der Waals surface area contributed by atoms with Crippen LogP contribution in [0.25, 0.3) is 0 Å². The number of nitrogens with zero attached hydrogens (tertiary/aromatic N) is 2. The van der Waals surface area contributed by atoms with Crippen molar-refractivity contribution in [3.05, 3.63) is 18.2 Å². The van der Waals surface area contributed by atoms with E-state index in [0.717, 1.165) is 31.5 Å². The highest BCUT2D eigenvalue weighted by molar-refractivity contribution is 5.68. The van der Waals surface area contributed by atoms with Crippen LogP contribution >= 0.6 is 0 Å². The average Bonchev–Trinajstić information content (AvgIpc) is 2.88. The number of ether oxygens (including phenoxy) is 1. The topological polar surface area (TPSA) is 56.2 Å². The summed E-state index contributed by atoms with van der Waals surface area (Å²) in [5, 5.41) is 2.95. The third-order valence-electron chi connectivity index (χ3n) is 3.81. The van der Waals surface area contributed by atoms with E-state index in [-0.39, 0.29) is 12.1 Å². The Kier molecular flexibility index (Phi) is 6.91. The summed E-state index contributed by atoms with van der Waals surface area (Å²) in [5.74, 6) is 0.631. The second-order valence-corrected chi connectivity index (χ2v) is 6.76. The maximum atomic E-state index is 12.0. The van der Waals surface area contributed by atoms with E-state index in [4.69, 9.17) is 4.74 Å². The van der Waals surface area contributed by atoms with Crippen LogP contribution in [0, 0.1) is 5.92 Å². The van der Waals surface area contributed by atoms with Gasteiger partial charge in [-0.2, -0.15) is 0 Å². The smallest absolute Gasteiger partial charge is 0.408 e. The van der Waals surface area contributed by atoms with Gasteiger partial charge in [0.15, 0.2) is 0 Å². The van der Waals surface area contributed by atoms with E-state index in [1.54, 1.807) is 0 Å². The molecule has 22 heavy (non-hydrogen) atoms. The summed E-state index contributed by atoms with van der Waals surface area (Å²) in [6.45, 7) is 13.0. The van der Waals surface area contributed by atoms with E-state index < -0.39 is 5.60 Å². The molecular weight excluding hydrogens is 278 g/mol. The Morgan fingerprint density at radius 1 is 1.27 bits per heavy atom. The Morgan fingerprint density at radius 2 is 1.91 bits per heavy atom. The normalized spacial score (nSPS) is 13.2. The standard InChI is InChI=1S/C17H31N3O2/c1-7-13(8-2)11-20-12-18-10-15(20)14(9-3)19-16(21)22-17(4,5)6/h10,12-14H,7-9,11H2,1-6H3,(H,19,21)/t14-/m1/s1. The minimum atomic E-state index is -0.488. The van der Waals surface area contributed by atoms with Gasteiger partial charge in [-0.25, -0.2) is 9.78 Å². The maximum Gasteiger partial charge on any atom is 0.408 e. The molecule has 0 unspecified atom stereocenters. The van der Waals surface area contributed by atoms with Crippen molar-refractivity contribution in [1.82, 2.24) is 14.9 Å². The second-order valence-electron chi connectivity index (χ2n) is 6.76. The average molecular weight is 309 g/mol. The molecule has 1 aromatic rings. The Hall–Kier alpha value is -1.52. The predicted octanol–water partition coefficient (Wildman–Crippen LogP) is 4.30. The Labute approximate surface area is 134 Å². The van der Waals surface area contributed by atoms with Crippen molar-refractivity contribution in [2.45, 2.75) is 79.0 Å². The van der Waals surface area contributed by atoms with Crippen molar-refractivity contribution in [3.63, 3.8) is 0 Å². The zero-order valence-corrected chi connectivity index (χ0v) is 14.8. The fourth-order valence-electron chi connectivity index (χ4n) is 2.43. The maximum absolute atomic E-state index is 12.0. The molecule has 1 N–H and O–H groups in total. The van der Waals surface area contributed by atoms with Crippen LogP contribution in [-0.2, 0) is 11.3 Å². The number of carbonyl (C=O) groups excluding carboxylic acids is 1. The molecule has 0 radical (unpaired) electrons. The number of rotatable bonds is 7. The summed E-state index contributed by atoms with van der Waals surface area (Å²) < 4.78 is 7.51. The number of alkyl carbamates (subject to hydrolysis) is 1. The largest absolute Gasteiger partial charge is 0.444 e. The first-order chi connectivity index (χ1) is 10.3. The molecular formula is C17H31N3O2. The molecule has 1 rings (SSSR count). The van der Waals surface area contributed by atoms with Crippen LogP contribution < -0.4 is 5.32 Å². The molecule has 126 valence electrons. The van der Waals surface area contributed by atoms with Crippen molar-refractivity contribution in [2.24, 2.45) is 5.92 Å². The van der Waals surface area contributed by atoms with Crippen LogP contribution in [0.15, 0.2) is 12.5 Å². The third kappa shape index (κ3) is 5.70. The van der Waals surface area contributed by atoms with E-state index >= 15 is 0 Å². The molecule has 1 amide bonds. The van der Waals surface area contributed by atoms with Gasteiger partial charge >= 0.3 is 6.09 Å². The van der Waals surface area contributed by atoms with Gasteiger partial charge in [0.2, 0.25) is 0 Å². The summed E-state index contributed by atoms with van der Waals surface area (Å²) in [7, 11) is 0. The highest BCUT2D eigenvalue weighted by atomic mass is 16.6. The van der Waals surface area contributed by atoms with Crippen LogP contribution in [0.1, 0.15) is 72.5 Å². The van der Waals surface area contributed by atoms with Gasteiger partial charge < -0.3 is 14.6 Å². The van der Waals surface area contributed by atoms with Crippen molar-refractivity contribution in [2.75, 3.05) is 0 Å². The van der Waals surface area contributed by atoms with Gasteiger partial charge in [-0.05, 0) is 33.1 Å². The Morgan fingerprint density at radius 3 is 2.41 bits per heavy atom. The van der Waals surface area contributed by atoms with E-state index in [1.807, 2.05) is 33.3 Å². The zero-order valence-electron chi connectivity index (χ0n) is 14.8. The number of carbonyl (C=O) groups is 1. The van der Waals surface area contributed by atoms with Crippen LogP contribution in [0.5, 0.6) is 0 Å². The molecule has 1 heterocycles. The monoisotopic (exact) mass is 309 g/mol. The minimum absolute atomic E-state index is 0.0771. The van der Waals surface area contributed by atoms with Gasteiger partial charge in [0.25, 0.3) is 0 Å². The molecule has 0 spiro atoms. The van der Waals surface area contributed by atoms with E-state index in [2.05, 4.69) is 35.6 Å². The second kappa shape index (κ2) is 8.20. The lowest BCUT2D eigenvalue weighted by Gasteiger charge is -2.24. The fourth-order valence-corrected chi connectivity index (χ4v) is 2.43. The summed E-state index contributed by atoms with van der Waals surface area (Å²) in [6, 6.07) is -0.0771. The summed E-state index contributed by atoms with van der Waals surface area (Å²) >= 11 is 0. The lowest BCUT2D eigenvalue weighted by molar-refractivity contribution is 0.0500. The molecule has 5 nitrogen and oxygen atoms in total. The number of hydrogen-bond acceptors (Lipinski definition) is 3. The fraction of sp³-hybridized carbons (Fsp3) is 0.765. The number of amides is 1. The highest BCUT2D eigenvalue weighted by Gasteiger charge is 2.22. The van der Waals surface area contributed by atoms with Crippen LogP contribution in [0.3, 0.4) is 0 Å². The molecule has 0 aliphatic heterocycles. The quantitative estimate of drug-likeness (QED) is 0.817. The van der Waals surface area contributed by atoms with E-state index in [1.165, 1.54) is 0 Å². The lowest BCUT2D eigenvalue weighted by atomic mass is 10.0. The predicted molar refractivity (Wildman–Crippen MR) is 88.7 cm³/mol. The first kappa shape index (κ1) is 18.5. The molecule has 0 saturated heterocycles. The molecule has 0 aromatic carbocycles. The molecule has 1 atom stereocenters. The molecule has 0 saturated carbocycles. The van der Waals surface area contributed by atoms with Gasteiger partial charge in [0.05, 0.1) is 24.3 Å². The van der Waals surface area contributed by atoms with Gasteiger partial charge in [-0.3, -0.25) is 0 Å². The Bertz CT molecular complexity index is 459. The number of imidazole rings is 1. The molecule has 5 heteroatoms. The number of hydrogen-bond donors (Lipinski definition) is 1. The number of nitrogens with one attached hydrogen (secondary N) is 1. The third-order valence-corrected chi connectivity index (χ3v) is 3.81. The van der Waals surface area contributed by atoms with Crippen molar-refractivity contribution >= 4 is 6.09 Å². The lowest BCUT2D eigenvalue weighted by Crippen LogP contribution is -2.35. The molecule has 0 aliphatic rings. The molecule has 0 bridgehead atoms. The molecule has 1 aromatic heterocycles. The van der Waals surface area contributed by atoms with E-state index in [0.29, 0.717) is 5.92 Å². The van der Waals surface area contributed by atoms with Gasteiger partial charge in [0, 0.05) is 6.54 Å². The molecule has 0 aliphatic carbocycles. The van der Waals surface area contributed by atoms with Crippen LogP contribution in [-0.4, -0.2) is 21.2 Å². The van der Waals surface area contributed by atoms with Crippen molar-refractivity contribution < 1.29 is 9.53 Å². The Balaban J connectivity index is 2.79. The van der Waals surface area contributed by atoms with E-state index in [9.17, 15) is 4.79 Å². The van der Waals surface area contributed by atoms with Gasteiger partial charge in [0.1, 0.15) is 5.60 Å². The number of aromatic nitrogens is 2. The SMILES string of the molecule is CCC(CC)Cn1cncc1[C@@H](CC)NC(=O)OC(C)(C)C. The summed E-state index contributed by atoms with van der Waals surface area (Å²) in [6.07, 6.45) is 6.40. The highest BCUT2D eigenvalue weighted by Crippen LogP contribution is 2.20. The molecule has 0 fully saturated rings. The zero-order chi connectivity index (χ0) is 16.8. The van der Waals surface area contributed by atoms with Crippen LogP contribution in [0.2, 0.25) is 0 Å². The van der Waals surface area contributed by atoms with Gasteiger partial charge in [-0.15, -0.1) is 0 Å². The first-order valence-electron chi connectivity index (χ1n) is 8.30. The minimum Gasteiger partial charge on any atom is -0.444 e. The summed E-state index contributed by atoms with van der Waals surface area (Å²) in [5.41, 5.74) is 0.554. The van der Waals surface area contributed by atoms with Crippen LogP contribution in [0.4, 0.5) is 4.79 Å².